The van der Waals surface area contributed by atoms with Gasteiger partial charge in [-0.3, -0.25) is 14.5 Å². The number of aliphatic imine (C=N–C) groups is 1. The van der Waals surface area contributed by atoms with Crippen LogP contribution in [0.5, 0.6) is 5.75 Å². The van der Waals surface area contributed by atoms with Gasteiger partial charge in [0.15, 0.2) is 0 Å². The van der Waals surface area contributed by atoms with Crippen molar-refractivity contribution in [2.75, 3.05) is 19.8 Å². The quantitative estimate of drug-likeness (QED) is 0.590. The summed E-state index contributed by atoms with van der Waals surface area (Å²) in [5, 5.41) is 8.72. The van der Waals surface area contributed by atoms with E-state index in [2.05, 4.69) is 9.71 Å². The molecule has 0 saturated heterocycles. The van der Waals surface area contributed by atoms with Gasteiger partial charge in [0.05, 0.1) is 16.5 Å². The molecule has 0 spiro atoms. The minimum absolute atomic E-state index is 0.0198. The molecule has 8 nitrogen and oxygen atoms in total. The van der Waals surface area contributed by atoms with Gasteiger partial charge in [-0.1, -0.05) is 12.1 Å². The molecule has 0 fully saturated rings. The number of carbonyl (C=O) groups is 1. The van der Waals surface area contributed by atoms with Gasteiger partial charge in [-0.05, 0) is 36.4 Å². The van der Waals surface area contributed by atoms with Crippen LogP contribution >= 0.6 is 0 Å². The van der Waals surface area contributed by atoms with Crippen molar-refractivity contribution in [3.8, 4) is 11.8 Å². The van der Waals surface area contributed by atoms with E-state index in [1.807, 2.05) is 6.07 Å². The third-order valence-electron chi connectivity index (χ3n) is 3.63. The Kier molecular flexibility index (Phi) is 5.38. The Morgan fingerprint density at radius 3 is 2.59 bits per heavy atom. The molecule has 0 aromatic heterocycles. The molecule has 1 heterocycles. The number of amidine groups is 1. The highest BCUT2D eigenvalue weighted by molar-refractivity contribution is 7.90. The van der Waals surface area contributed by atoms with E-state index in [0.29, 0.717) is 16.9 Å². The molecular formula is C18H15N3O5S. The molecule has 2 aromatic carbocycles. The molecule has 138 valence electrons. The van der Waals surface area contributed by atoms with Gasteiger partial charge in [0, 0.05) is 5.56 Å². The number of benzene rings is 2. The highest BCUT2D eigenvalue weighted by Crippen LogP contribution is 2.22. The van der Waals surface area contributed by atoms with E-state index in [4.69, 9.17) is 14.7 Å². The SMILES string of the molecule is N#Cc1ccc(OCCOC(=O)CN=C2NS(=O)(=O)c3ccccc32)cc1. The van der Waals surface area contributed by atoms with Gasteiger partial charge in [0.25, 0.3) is 10.0 Å². The molecule has 3 rings (SSSR count). The lowest BCUT2D eigenvalue weighted by Crippen LogP contribution is -2.23. The van der Waals surface area contributed by atoms with Gasteiger partial charge >= 0.3 is 5.97 Å². The first-order valence-corrected chi connectivity index (χ1v) is 9.43. The van der Waals surface area contributed by atoms with Crippen LogP contribution in [0.4, 0.5) is 0 Å². The van der Waals surface area contributed by atoms with E-state index in [1.54, 1.807) is 42.5 Å². The Morgan fingerprint density at radius 1 is 1.11 bits per heavy atom. The largest absolute Gasteiger partial charge is 0.490 e. The number of hydrogen-bond donors (Lipinski definition) is 1. The van der Waals surface area contributed by atoms with Gasteiger partial charge in [0.2, 0.25) is 0 Å². The van der Waals surface area contributed by atoms with Crippen molar-refractivity contribution in [1.82, 2.24) is 4.72 Å². The second-order valence-corrected chi connectivity index (χ2v) is 7.12. The Labute approximate surface area is 156 Å². The highest BCUT2D eigenvalue weighted by Gasteiger charge is 2.30. The molecule has 0 radical (unpaired) electrons. The molecule has 1 aliphatic heterocycles. The molecule has 0 amide bonds. The number of carbonyl (C=O) groups excluding carboxylic acids is 1. The molecule has 27 heavy (non-hydrogen) atoms. The lowest BCUT2D eigenvalue weighted by Gasteiger charge is -2.07. The van der Waals surface area contributed by atoms with Gasteiger partial charge in [-0.25, -0.2) is 8.42 Å². The van der Waals surface area contributed by atoms with Gasteiger partial charge in [-0.15, -0.1) is 0 Å². The van der Waals surface area contributed by atoms with Crippen LogP contribution in [0.1, 0.15) is 11.1 Å². The summed E-state index contributed by atoms with van der Waals surface area (Å²) in [5.41, 5.74) is 0.950. The molecule has 0 aliphatic carbocycles. The summed E-state index contributed by atoms with van der Waals surface area (Å²) in [6, 6.07) is 14.9. The lowest BCUT2D eigenvalue weighted by molar-refractivity contribution is -0.142. The number of rotatable bonds is 6. The molecule has 2 aromatic rings. The normalized spacial score (nSPS) is 15.4. The summed E-state index contributed by atoms with van der Waals surface area (Å²) in [6.45, 7) is -0.154. The molecule has 0 bridgehead atoms. The average molecular weight is 385 g/mol. The maximum absolute atomic E-state index is 12.0. The summed E-state index contributed by atoms with van der Waals surface area (Å²) in [4.78, 5) is 15.9. The molecule has 0 saturated carbocycles. The van der Waals surface area contributed by atoms with Crippen molar-refractivity contribution < 1.29 is 22.7 Å². The van der Waals surface area contributed by atoms with E-state index < -0.39 is 16.0 Å². The number of hydrogen-bond acceptors (Lipinski definition) is 7. The van der Waals surface area contributed by atoms with E-state index in [-0.39, 0.29) is 30.5 Å². The first kappa shape index (κ1) is 18.4. The Hall–Kier alpha value is -3.38. The second kappa shape index (κ2) is 7.88. The van der Waals surface area contributed by atoms with E-state index >= 15 is 0 Å². The molecular weight excluding hydrogens is 370 g/mol. The van der Waals surface area contributed by atoms with Crippen molar-refractivity contribution >= 4 is 21.8 Å². The van der Waals surface area contributed by atoms with Crippen molar-refractivity contribution in [2.24, 2.45) is 4.99 Å². The molecule has 9 heteroatoms. The predicted molar refractivity (Wildman–Crippen MR) is 95.8 cm³/mol. The van der Waals surface area contributed by atoms with Crippen LogP contribution in [0.3, 0.4) is 0 Å². The first-order valence-electron chi connectivity index (χ1n) is 7.95. The monoisotopic (exact) mass is 385 g/mol. The van der Waals surface area contributed by atoms with Crippen LogP contribution < -0.4 is 9.46 Å². The minimum atomic E-state index is -3.63. The summed E-state index contributed by atoms with van der Waals surface area (Å²) in [5.74, 6) is 0.0770. The van der Waals surface area contributed by atoms with Crippen molar-refractivity contribution in [1.29, 1.82) is 5.26 Å². The summed E-state index contributed by atoms with van der Waals surface area (Å²) >= 11 is 0. The fourth-order valence-electron chi connectivity index (χ4n) is 2.38. The summed E-state index contributed by atoms with van der Waals surface area (Å²) in [7, 11) is -3.63. The van der Waals surface area contributed by atoms with Crippen LogP contribution in [-0.2, 0) is 19.6 Å². The van der Waals surface area contributed by atoms with Gasteiger partial charge in [0.1, 0.15) is 31.3 Å². The number of fused-ring (bicyclic) bond motifs is 1. The molecule has 1 aliphatic rings. The van der Waals surface area contributed by atoms with Crippen LogP contribution in [0.15, 0.2) is 58.4 Å². The Bertz CT molecular complexity index is 1020. The van der Waals surface area contributed by atoms with E-state index in [9.17, 15) is 13.2 Å². The molecule has 1 N–H and O–H groups in total. The number of nitrogens with one attached hydrogen (secondary N) is 1. The summed E-state index contributed by atoms with van der Waals surface area (Å²) in [6.07, 6.45) is 0. The van der Waals surface area contributed by atoms with Crippen LogP contribution in [0.25, 0.3) is 0 Å². The number of nitriles is 1. The standard InChI is InChI=1S/C18H15N3O5S/c19-11-13-5-7-14(8-6-13)25-9-10-26-17(22)12-20-18-15-3-1-2-4-16(15)27(23,24)21-18/h1-8H,9-10,12H2,(H,20,21). The minimum Gasteiger partial charge on any atom is -0.490 e. The highest BCUT2D eigenvalue weighted by atomic mass is 32.2. The third-order valence-corrected chi connectivity index (χ3v) is 5.02. The second-order valence-electron chi connectivity index (χ2n) is 5.47. The average Bonchev–Trinajstić information content (AvgIpc) is 2.95. The number of nitrogens with zero attached hydrogens (tertiary/aromatic N) is 2. The fraction of sp³-hybridized carbons (Fsp3) is 0.167. The van der Waals surface area contributed by atoms with Crippen LogP contribution in [-0.4, -0.2) is 40.0 Å². The predicted octanol–water partition coefficient (Wildman–Crippen LogP) is 1.22. The maximum Gasteiger partial charge on any atom is 0.327 e. The van der Waals surface area contributed by atoms with Crippen molar-refractivity contribution in [3.63, 3.8) is 0 Å². The topological polar surface area (TPSA) is 118 Å². The number of ether oxygens (including phenoxy) is 2. The number of esters is 1. The molecule has 0 unspecified atom stereocenters. The fourth-order valence-corrected chi connectivity index (χ4v) is 3.63. The van der Waals surface area contributed by atoms with E-state index in [0.717, 1.165) is 0 Å². The van der Waals surface area contributed by atoms with Crippen LogP contribution in [0.2, 0.25) is 0 Å². The summed E-state index contributed by atoms with van der Waals surface area (Å²) < 4.78 is 36.6. The van der Waals surface area contributed by atoms with E-state index in [1.165, 1.54) is 6.07 Å². The van der Waals surface area contributed by atoms with Gasteiger partial charge < -0.3 is 9.47 Å². The third kappa shape index (κ3) is 4.43. The van der Waals surface area contributed by atoms with Crippen LogP contribution in [0, 0.1) is 11.3 Å². The smallest absolute Gasteiger partial charge is 0.327 e. The van der Waals surface area contributed by atoms with Crippen molar-refractivity contribution in [2.45, 2.75) is 4.90 Å². The maximum atomic E-state index is 12.0. The first-order chi connectivity index (χ1) is 13.0. The number of sulfonamides is 1. The zero-order valence-corrected chi connectivity index (χ0v) is 14.9. The lowest BCUT2D eigenvalue weighted by atomic mass is 10.2. The van der Waals surface area contributed by atoms with Gasteiger partial charge in [-0.2, -0.15) is 5.26 Å². The Morgan fingerprint density at radius 2 is 1.85 bits per heavy atom. The van der Waals surface area contributed by atoms with Crippen molar-refractivity contribution in [3.05, 3.63) is 59.7 Å². The Balaban J connectivity index is 1.47. The zero-order chi connectivity index (χ0) is 19.3. The zero-order valence-electron chi connectivity index (χ0n) is 14.1. The molecule has 0 atom stereocenters.